The molecule has 0 aliphatic heterocycles. The fraction of sp³-hybridized carbons (Fsp3) is 0.500. The van der Waals surface area contributed by atoms with E-state index >= 15 is 0 Å². The van der Waals surface area contributed by atoms with Gasteiger partial charge < -0.3 is 5.32 Å². The molecule has 0 aliphatic rings. The van der Waals surface area contributed by atoms with Crippen molar-refractivity contribution in [3.8, 4) is 6.07 Å². The van der Waals surface area contributed by atoms with Crippen LogP contribution in [0.15, 0.2) is 30.3 Å². The minimum atomic E-state index is 0.162. The van der Waals surface area contributed by atoms with E-state index in [-0.39, 0.29) is 6.04 Å². The average Bonchev–Trinajstić information content (AvgIpc) is 2.38. The van der Waals surface area contributed by atoms with Gasteiger partial charge in [-0.25, -0.2) is 0 Å². The van der Waals surface area contributed by atoms with Gasteiger partial charge in [0.15, 0.2) is 0 Å². The standard InChI is InChI=1S/C14H20N2S/c1-12(17-2)9-11-16-14(8-10-15)13-6-4-3-5-7-13/h3-7,12,14,16H,8-9,11H2,1-2H3. The van der Waals surface area contributed by atoms with Gasteiger partial charge in [0.05, 0.1) is 12.5 Å². The Kier molecular flexibility index (Phi) is 6.76. The molecule has 0 fully saturated rings. The Morgan fingerprint density at radius 1 is 1.35 bits per heavy atom. The van der Waals surface area contributed by atoms with Crippen LogP contribution >= 0.6 is 11.8 Å². The first-order valence-corrected chi connectivity index (χ1v) is 7.24. The molecule has 0 amide bonds. The van der Waals surface area contributed by atoms with Crippen LogP contribution in [0.5, 0.6) is 0 Å². The molecule has 0 saturated carbocycles. The van der Waals surface area contributed by atoms with Crippen LogP contribution in [0.1, 0.15) is 31.4 Å². The van der Waals surface area contributed by atoms with Crippen LogP contribution in [0.2, 0.25) is 0 Å². The highest BCUT2D eigenvalue weighted by Crippen LogP contribution is 2.16. The Hall–Kier alpha value is -0.980. The van der Waals surface area contributed by atoms with E-state index in [4.69, 9.17) is 5.26 Å². The van der Waals surface area contributed by atoms with E-state index in [0.29, 0.717) is 11.7 Å². The zero-order valence-electron chi connectivity index (χ0n) is 10.5. The SMILES string of the molecule is CSC(C)CCNC(CC#N)c1ccccc1. The quantitative estimate of drug-likeness (QED) is 0.803. The minimum absolute atomic E-state index is 0.162. The summed E-state index contributed by atoms with van der Waals surface area (Å²) in [4.78, 5) is 0. The Morgan fingerprint density at radius 3 is 2.65 bits per heavy atom. The van der Waals surface area contributed by atoms with Crippen LogP contribution in [0, 0.1) is 11.3 Å². The summed E-state index contributed by atoms with van der Waals surface area (Å²) < 4.78 is 0. The molecular formula is C14H20N2S. The van der Waals surface area contributed by atoms with Gasteiger partial charge in [0.25, 0.3) is 0 Å². The van der Waals surface area contributed by atoms with Crippen molar-refractivity contribution >= 4 is 11.8 Å². The van der Waals surface area contributed by atoms with Crippen LogP contribution in [-0.2, 0) is 0 Å². The molecule has 2 nitrogen and oxygen atoms in total. The fourth-order valence-electron chi connectivity index (χ4n) is 1.66. The normalized spacial score (nSPS) is 13.9. The number of nitriles is 1. The molecular weight excluding hydrogens is 228 g/mol. The molecule has 0 aromatic heterocycles. The molecule has 1 aromatic rings. The summed E-state index contributed by atoms with van der Waals surface area (Å²) >= 11 is 1.88. The molecule has 0 spiro atoms. The van der Waals surface area contributed by atoms with Crippen molar-refractivity contribution in [2.24, 2.45) is 0 Å². The van der Waals surface area contributed by atoms with Crippen molar-refractivity contribution in [2.45, 2.75) is 31.1 Å². The maximum Gasteiger partial charge on any atom is 0.0641 e. The van der Waals surface area contributed by atoms with E-state index < -0.39 is 0 Å². The zero-order valence-corrected chi connectivity index (χ0v) is 11.3. The molecule has 1 N–H and O–H groups in total. The molecule has 92 valence electrons. The predicted molar refractivity (Wildman–Crippen MR) is 75.0 cm³/mol. The molecule has 0 bridgehead atoms. The Morgan fingerprint density at radius 2 is 2.06 bits per heavy atom. The van der Waals surface area contributed by atoms with E-state index in [1.807, 2.05) is 30.0 Å². The van der Waals surface area contributed by atoms with Crippen molar-refractivity contribution in [3.63, 3.8) is 0 Å². The number of hydrogen-bond donors (Lipinski definition) is 1. The van der Waals surface area contributed by atoms with E-state index in [0.717, 1.165) is 13.0 Å². The summed E-state index contributed by atoms with van der Waals surface area (Å²) in [6, 6.07) is 12.6. The lowest BCUT2D eigenvalue weighted by atomic mass is 10.0. The molecule has 2 atom stereocenters. The maximum atomic E-state index is 8.86. The van der Waals surface area contributed by atoms with Gasteiger partial charge in [-0.15, -0.1) is 0 Å². The molecule has 0 radical (unpaired) electrons. The lowest BCUT2D eigenvalue weighted by Gasteiger charge is -2.17. The highest BCUT2D eigenvalue weighted by atomic mass is 32.2. The summed E-state index contributed by atoms with van der Waals surface area (Å²) in [6.45, 7) is 3.19. The number of hydrogen-bond acceptors (Lipinski definition) is 3. The average molecular weight is 248 g/mol. The number of benzene rings is 1. The molecule has 1 rings (SSSR count). The lowest BCUT2D eigenvalue weighted by Crippen LogP contribution is -2.23. The highest BCUT2D eigenvalue weighted by Gasteiger charge is 2.10. The third-order valence-electron chi connectivity index (χ3n) is 2.84. The summed E-state index contributed by atoms with van der Waals surface area (Å²) in [7, 11) is 0. The van der Waals surface area contributed by atoms with Crippen LogP contribution < -0.4 is 5.32 Å². The molecule has 0 aliphatic carbocycles. The largest absolute Gasteiger partial charge is 0.309 e. The van der Waals surface area contributed by atoms with Crippen molar-refractivity contribution in [1.82, 2.24) is 5.32 Å². The van der Waals surface area contributed by atoms with Crippen LogP contribution in [0.4, 0.5) is 0 Å². The minimum Gasteiger partial charge on any atom is -0.309 e. The molecule has 2 unspecified atom stereocenters. The van der Waals surface area contributed by atoms with E-state index in [1.165, 1.54) is 5.56 Å². The van der Waals surface area contributed by atoms with E-state index in [2.05, 4.69) is 36.7 Å². The molecule has 1 aromatic carbocycles. The number of nitrogens with one attached hydrogen (secondary N) is 1. The van der Waals surface area contributed by atoms with E-state index in [9.17, 15) is 0 Å². The zero-order chi connectivity index (χ0) is 12.5. The third-order valence-corrected chi connectivity index (χ3v) is 3.88. The smallest absolute Gasteiger partial charge is 0.0641 e. The molecule has 17 heavy (non-hydrogen) atoms. The lowest BCUT2D eigenvalue weighted by molar-refractivity contribution is 0.531. The Bertz CT molecular complexity index is 345. The van der Waals surface area contributed by atoms with Gasteiger partial charge in [-0.3, -0.25) is 0 Å². The van der Waals surface area contributed by atoms with Crippen molar-refractivity contribution in [3.05, 3.63) is 35.9 Å². The predicted octanol–water partition coefficient (Wildman–Crippen LogP) is 3.37. The van der Waals surface area contributed by atoms with Crippen molar-refractivity contribution in [1.29, 1.82) is 5.26 Å². The van der Waals surface area contributed by atoms with Crippen LogP contribution in [0.25, 0.3) is 0 Å². The topological polar surface area (TPSA) is 35.8 Å². The van der Waals surface area contributed by atoms with Gasteiger partial charge in [0.2, 0.25) is 0 Å². The number of nitrogens with zero attached hydrogens (tertiary/aromatic N) is 1. The van der Waals surface area contributed by atoms with Gasteiger partial charge in [-0.05, 0) is 24.8 Å². The molecule has 3 heteroatoms. The van der Waals surface area contributed by atoms with Crippen LogP contribution in [-0.4, -0.2) is 18.1 Å². The summed E-state index contributed by atoms with van der Waals surface area (Å²) in [6.07, 6.45) is 3.79. The summed E-state index contributed by atoms with van der Waals surface area (Å²) in [5.41, 5.74) is 1.20. The molecule has 0 saturated heterocycles. The molecule has 0 heterocycles. The van der Waals surface area contributed by atoms with Gasteiger partial charge in [0.1, 0.15) is 0 Å². The van der Waals surface area contributed by atoms with Crippen LogP contribution in [0.3, 0.4) is 0 Å². The van der Waals surface area contributed by atoms with Gasteiger partial charge in [0, 0.05) is 11.3 Å². The third kappa shape index (κ3) is 5.25. The second-order valence-corrected chi connectivity index (χ2v) is 5.39. The first kappa shape index (κ1) is 14.1. The summed E-state index contributed by atoms with van der Waals surface area (Å²) in [5, 5.41) is 13.0. The van der Waals surface area contributed by atoms with Crippen molar-refractivity contribution < 1.29 is 0 Å². The second kappa shape index (κ2) is 8.16. The van der Waals surface area contributed by atoms with Gasteiger partial charge >= 0.3 is 0 Å². The summed E-state index contributed by atoms with van der Waals surface area (Å²) in [5.74, 6) is 0. The highest BCUT2D eigenvalue weighted by molar-refractivity contribution is 7.99. The second-order valence-electron chi connectivity index (χ2n) is 4.11. The van der Waals surface area contributed by atoms with Gasteiger partial charge in [-0.1, -0.05) is 37.3 Å². The Labute approximate surface area is 108 Å². The monoisotopic (exact) mass is 248 g/mol. The number of thioether (sulfide) groups is 1. The fourth-order valence-corrected chi connectivity index (χ4v) is 2.02. The van der Waals surface area contributed by atoms with E-state index in [1.54, 1.807) is 0 Å². The van der Waals surface area contributed by atoms with Crippen molar-refractivity contribution in [2.75, 3.05) is 12.8 Å². The maximum absolute atomic E-state index is 8.86. The first-order chi connectivity index (χ1) is 8.27. The van der Waals surface area contributed by atoms with Gasteiger partial charge in [-0.2, -0.15) is 17.0 Å². The number of rotatable bonds is 7. The Balaban J connectivity index is 2.48. The first-order valence-electron chi connectivity index (χ1n) is 5.96.